The fraction of sp³-hybridized carbons (Fsp3) is 0.500. The van der Waals surface area contributed by atoms with Crippen LogP contribution in [0.4, 0.5) is 0 Å². The van der Waals surface area contributed by atoms with Crippen molar-refractivity contribution in [2.24, 2.45) is 0 Å². The van der Waals surface area contributed by atoms with Crippen molar-refractivity contribution in [3.63, 3.8) is 0 Å². The largest absolute Gasteiger partial charge is 0.495 e. The van der Waals surface area contributed by atoms with Crippen molar-refractivity contribution in [2.45, 2.75) is 19.9 Å². The number of amides is 1. The van der Waals surface area contributed by atoms with Crippen LogP contribution in [0.1, 0.15) is 24.5 Å². The molecule has 1 rings (SSSR count). The van der Waals surface area contributed by atoms with Crippen LogP contribution in [-0.4, -0.2) is 50.0 Å². The third-order valence-corrected chi connectivity index (χ3v) is 3.19. The van der Waals surface area contributed by atoms with E-state index in [0.717, 1.165) is 18.5 Å². The second kappa shape index (κ2) is 8.28. The molecule has 0 aliphatic heterocycles. The second-order valence-corrected chi connectivity index (χ2v) is 5.15. The van der Waals surface area contributed by atoms with Crippen molar-refractivity contribution in [1.29, 1.82) is 5.26 Å². The summed E-state index contributed by atoms with van der Waals surface area (Å²) < 4.78 is 5.14. The van der Waals surface area contributed by atoms with Gasteiger partial charge in [0.1, 0.15) is 11.8 Å². The van der Waals surface area contributed by atoms with Crippen LogP contribution in [0.25, 0.3) is 0 Å². The SMILES string of the molecule is CCCN(CC(=O)N(C)C)Cc1ccc(OC)c(C#N)c1. The molecular formula is C16H23N3O2. The van der Waals surface area contributed by atoms with Gasteiger partial charge in [-0.3, -0.25) is 9.69 Å². The number of carbonyl (C=O) groups excluding carboxylic acids is 1. The van der Waals surface area contributed by atoms with Gasteiger partial charge in [0.25, 0.3) is 0 Å². The van der Waals surface area contributed by atoms with Crippen LogP contribution in [0, 0.1) is 11.3 Å². The van der Waals surface area contributed by atoms with Crippen molar-refractivity contribution in [2.75, 3.05) is 34.3 Å². The summed E-state index contributed by atoms with van der Waals surface area (Å²) in [6, 6.07) is 7.68. The smallest absolute Gasteiger partial charge is 0.236 e. The first kappa shape index (κ1) is 17.0. The van der Waals surface area contributed by atoms with E-state index in [1.165, 1.54) is 0 Å². The zero-order valence-electron chi connectivity index (χ0n) is 13.2. The molecule has 1 aromatic carbocycles. The number of rotatable bonds is 7. The monoisotopic (exact) mass is 289 g/mol. The standard InChI is InChI=1S/C16H23N3O2/c1-5-8-19(12-16(20)18(2)3)11-13-6-7-15(21-4)14(9-13)10-17/h6-7,9H,5,8,11-12H2,1-4H3. The lowest BCUT2D eigenvalue weighted by atomic mass is 10.1. The maximum atomic E-state index is 11.9. The highest BCUT2D eigenvalue weighted by Crippen LogP contribution is 2.19. The summed E-state index contributed by atoms with van der Waals surface area (Å²) in [4.78, 5) is 15.5. The molecule has 114 valence electrons. The average molecular weight is 289 g/mol. The number of carbonyl (C=O) groups is 1. The maximum absolute atomic E-state index is 11.9. The van der Waals surface area contributed by atoms with Crippen LogP contribution < -0.4 is 4.74 Å². The number of likely N-dealkylation sites (N-methyl/N-ethyl adjacent to an activating group) is 1. The van der Waals surface area contributed by atoms with E-state index in [-0.39, 0.29) is 5.91 Å². The van der Waals surface area contributed by atoms with Gasteiger partial charge in [0.05, 0.1) is 19.2 Å². The van der Waals surface area contributed by atoms with Crippen molar-refractivity contribution in [1.82, 2.24) is 9.80 Å². The van der Waals surface area contributed by atoms with Crippen molar-refractivity contribution < 1.29 is 9.53 Å². The normalized spacial score (nSPS) is 10.3. The minimum Gasteiger partial charge on any atom is -0.495 e. The Bertz CT molecular complexity index is 521. The second-order valence-electron chi connectivity index (χ2n) is 5.15. The zero-order valence-corrected chi connectivity index (χ0v) is 13.2. The number of hydrogen-bond donors (Lipinski definition) is 0. The Morgan fingerprint density at radius 3 is 2.62 bits per heavy atom. The molecule has 0 aliphatic carbocycles. The van der Waals surface area contributed by atoms with E-state index < -0.39 is 0 Å². The number of ether oxygens (including phenoxy) is 1. The van der Waals surface area contributed by atoms with Gasteiger partial charge in [-0.1, -0.05) is 13.0 Å². The van der Waals surface area contributed by atoms with Gasteiger partial charge in [-0.15, -0.1) is 0 Å². The molecular weight excluding hydrogens is 266 g/mol. The van der Waals surface area contributed by atoms with Crippen molar-refractivity contribution in [3.8, 4) is 11.8 Å². The number of benzene rings is 1. The van der Waals surface area contributed by atoms with Gasteiger partial charge in [-0.2, -0.15) is 5.26 Å². The number of hydrogen-bond acceptors (Lipinski definition) is 4. The summed E-state index contributed by atoms with van der Waals surface area (Å²) in [6.45, 7) is 3.95. The van der Waals surface area contributed by atoms with E-state index in [1.807, 2.05) is 12.1 Å². The molecule has 1 aromatic rings. The van der Waals surface area contributed by atoms with Crippen LogP contribution in [0.5, 0.6) is 5.75 Å². The van der Waals surface area contributed by atoms with Crippen LogP contribution in [-0.2, 0) is 11.3 Å². The summed E-state index contributed by atoms with van der Waals surface area (Å²) in [5, 5.41) is 9.13. The molecule has 0 N–H and O–H groups in total. The fourth-order valence-electron chi connectivity index (χ4n) is 2.06. The van der Waals surface area contributed by atoms with Gasteiger partial charge < -0.3 is 9.64 Å². The zero-order chi connectivity index (χ0) is 15.8. The predicted molar refractivity (Wildman–Crippen MR) is 82.0 cm³/mol. The molecule has 0 unspecified atom stereocenters. The first-order valence-electron chi connectivity index (χ1n) is 7.01. The predicted octanol–water partition coefficient (Wildman–Crippen LogP) is 1.87. The molecule has 0 fully saturated rings. The molecule has 21 heavy (non-hydrogen) atoms. The Morgan fingerprint density at radius 1 is 1.38 bits per heavy atom. The molecule has 0 radical (unpaired) electrons. The third kappa shape index (κ3) is 5.09. The third-order valence-electron chi connectivity index (χ3n) is 3.19. The molecule has 5 heteroatoms. The molecule has 5 nitrogen and oxygen atoms in total. The first-order chi connectivity index (χ1) is 10.0. The molecule has 0 saturated heterocycles. The lowest BCUT2D eigenvalue weighted by molar-refractivity contribution is -0.130. The highest BCUT2D eigenvalue weighted by Gasteiger charge is 2.13. The Balaban J connectivity index is 2.84. The molecule has 0 aliphatic rings. The summed E-state index contributed by atoms with van der Waals surface area (Å²) in [7, 11) is 5.07. The number of methoxy groups -OCH3 is 1. The minimum atomic E-state index is 0.0810. The molecule has 0 atom stereocenters. The summed E-state index contributed by atoms with van der Waals surface area (Å²) in [5.41, 5.74) is 1.53. The molecule has 0 spiro atoms. The minimum absolute atomic E-state index is 0.0810. The highest BCUT2D eigenvalue weighted by atomic mass is 16.5. The van der Waals surface area contributed by atoms with Gasteiger partial charge in [0.2, 0.25) is 5.91 Å². The summed E-state index contributed by atoms with van der Waals surface area (Å²) in [6.07, 6.45) is 0.974. The van der Waals surface area contributed by atoms with E-state index in [9.17, 15) is 4.79 Å². The summed E-state index contributed by atoms with van der Waals surface area (Å²) >= 11 is 0. The quantitative estimate of drug-likeness (QED) is 0.769. The van der Waals surface area contributed by atoms with Gasteiger partial charge >= 0.3 is 0 Å². The van der Waals surface area contributed by atoms with Crippen LogP contribution in [0.2, 0.25) is 0 Å². The Morgan fingerprint density at radius 2 is 2.10 bits per heavy atom. The lowest BCUT2D eigenvalue weighted by Crippen LogP contribution is -2.36. The number of nitriles is 1. The Hall–Kier alpha value is -2.06. The van der Waals surface area contributed by atoms with Crippen LogP contribution in [0.3, 0.4) is 0 Å². The topological polar surface area (TPSA) is 56.6 Å². The Labute approximate surface area is 126 Å². The maximum Gasteiger partial charge on any atom is 0.236 e. The van der Waals surface area contributed by atoms with E-state index >= 15 is 0 Å². The van der Waals surface area contributed by atoms with E-state index in [4.69, 9.17) is 10.00 Å². The van der Waals surface area contributed by atoms with Gasteiger partial charge in [0, 0.05) is 20.6 Å². The molecule has 0 bridgehead atoms. The van der Waals surface area contributed by atoms with E-state index in [2.05, 4.69) is 17.9 Å². The van der Waals surface area contributed by atoms with Gasteiger partial charge in [-0.25, -0.2) is 0 Å². The average Bonchev–Trinajstić information content (AvgIpc) is 2.47. The number of nitrogens with zero attached hydrogens (tertiary/aromatic N) is 3. The fourth-order valence-corrected chi connectivity index (χ4v) is 2.06. The Kier molecular flexibility index (Phi) is 6.70. The lowest BCUT2D eigenvalue weighted by Gasteiger charge is -2.23. The van der Waals surface area contributed by atoms with Gasteiger partial charge in [-0.05, 0) is 30.7 Å². The van der Waals surface area contributed by atoms with E-state index in [1.54, 1.807) is 32.2 Å². The first-order valence-corrected chi connectivity index (χ1v) is 7.01. The van der Waals surface area contributed by atoms with Crippen molar-refractivity contribution >= 4 is 5.91 Å². The van der Waals surface area contributed by atoms with Gasteiger partial charge in [0.15, 0.2) is 0 Å². The van der Waals surface area contributed by atoms with Crippen molar-refractivity contribution in [3.05, 3.63) is 29.3 Å². The van der Waals surface area contributed by atoms with E-state index in [0.29, 0.717) is 24.4 Å². The molecule has 0 aromatic heterocycles. The molecule has 0 heterocycles. The highest BCUT2D eigenvalue weighted by molar-refractivity contribution is 5.77. The molecule has 1 amide bonds. The molecule has 0 saturated carbocycles. The van der Waals surface area contributed by atoms with Crippen LogP contribution in [0.15, 0.2) is 18.2 Å². The summed E-state index contributed by atoms with van der Waals surface area (Å²) in [5.74, 6) is 0.658. The van der Waals surface area contributed by atoms with Crippen LogP contribution >= 0.6 is 0 Å².